The smallest absolute Gasteiger partial charge is 0.462 e. The molecule has 0 amide bonds. The van der Waals surface area contributed by atoms with Gasteiger partial charge in [-0.3, -0.25) is 18.6 Å². The fraction of sp³-hybridized carbons (Fsp3) is 0.900. The molecule has 0 aromatic rings. The first-order valence-corrected chi connectivity index (χ1v) is 12.5. The highest BCUT2D eigenvalue weighted by atomic mass is 31.2. The summed E-state index contributed by atoms with van der Waals surface area (Å²) in [6.07, 6.45) is 8.20. The number of unbranched alkanes of at least 4 members (excludes halogenated alkanes) is 7. The number of rotatable bonds is 20. The van der Waals surface area contributed by atoms with Crippen LogP contribution in [0.3, 0.4) is 0 Å². The Morgan fingerprint density at radius 3 is 2.03 bits per heavy atom. The van der Waals surface area contributed by atoms with Crippen molar-refractivity contribution in [2.24, 2.45) is 5.73 Å². The number of hydrogen-bond acceptors (Lipinski definition) is 8. The molecule has 3 N–H and O–H groups in total. The summed E-state index contributed by atoms with van der Waals surface area (Å²) >= 11 is 0. The molecule has 0 fully saturated rings. The molecule has 0 aliphatic carbocycles. The zero-order valence-corrected chi connectivity index (χ0v) is 19.4. The summed E-state index contributed by atoms with van der Waals surface area (Å²) in [7, 11) is -4.32. The molecule has 0 aliphatic heterocycles. The first kappa shape index (κ1) is 29.0. The summed E-state index contributed by atoms with van der Waals surface area (Å²) in [4.78, 5) is 33.5. The van der Waals surface area contributed by atoms with E-state index in [0.717, 1.165) is 51.4 Å². The van der Waals surface area contributed by atoms with Gasteiger partial charge in [0.05, 0.1) is 13.2 Å². The molecule has 0 aromatic heterocycles. The number of hydrogen-bond donors (Lipinski definition) is 2. The molecular formula is C20H40NO8P. The van der Waals surface area contributed by atoms with E-state index >= 15 is 0 Å². The van der Waals surface area contributed by atoms with Crippen molar-refractivity contribution in [3.8, 4) is 0 Å². The zero-order valence-electron chi connectivity index (χ0n) is 18.5. The monoisotopic (exact) mass is 453 g/mol. The molecule has 0 aliphatic rings. The lowest BCUT2D eigenvalue weighted by atomic mass is 10.1. The van der Waals surface area contributed by atoms with Crippen LogP contribution in [0.4, 0.5) is 0 Å². The number of nitrogens with two attached hydrogens (primary N) is 1. The summed E-state index contributed by atoms with van der Waals surface area (Å²) in [5.41, 5.74) is 5.23. The van der Waals surface area contributed by atoms with E-state index in [4.69, 9.17) is 19.7 Å². The normalized spacial score (nSPS) is 14.1. The number of carbonyl (C=O) groups excluding carboxylic acids is 2. The topological polar surface area (TPSA) is 134 Å². The Morgan fingerprint density at radius 2 is 1.43 bits per heavy atom. The molecular weight excluding hydrogens is 413 g/mol. The van der Waals surface area contributed by atoms with Crippen molar-refractivity contribution in [1.82, 2.24) is 0 Å². The van der Waals surface area contributed by atoms with Gasteiger partial charge in [-0.25, -0.2) is 4.57 Å². The van der Waals surface area contributed by atoms with Crippen LogP contribution in [0.1, 0.15) is 84.5 Å². The van der Waals surface area contributed by atoms with Crippen LogP contribution in [0.25, 0.3) is 0 Å². The SMILES string of the molecule is CCCCCCCC(=O)O[C@H](COC(=O)CCCCCC)COP(=O)(O)OCCN. The average Bonchev–Trinajstić information content (AvgIpc) is 2.71. The molecule has 1 unspecified atom stereocenters. The Hall–Kier alpha value is -0.990. The number of phosphoric acid groups is 1. The first-order valence-electron chi connectivity index (χ1n) is 11.0. The van der Waals surface area contributed by atoms with Gasteiger partial charge in [0.1, 0.15) is 6.61 Å². The van der Waals surface area contributed by atoms with Crippen molar-refractivity contribution in [3.63, 3.8) is 0 Å². The van der Waals surface area contributed by atoms with Gasteiger partial charge in [0.2, 0.25) is 0 Å². The summed E-state index contributed by atoms with van der Waals surface area (Å²) in [5.74, 6) is -0.868. The van der Waals surface area contributed by atoms with E-state index in [-0.39, 0.29) is 32.6 Å². The van der Waals surface area contributed by atoms with Gasteiger partial charge in [0.15, 0.2) is 6.10 Å². The van der Waals surface area contributed by atoms with Crippen LogP contribution < -0.4 is 5.73 Å². The van der Waals surface area contributed by atoms with Crippen LogP contribution in [-0.4, -0.2) is 49.3 Å². The minimum absolute atomic E-state index is 0.0556. The molecule has 0 rings (SSSR count). The van der Waals surface area contributed by atoms with Crippen molar-refractivity contribution in [2.45, 2.75) is 90.6 Å². The summed E-state index contributed by atoms with van der Waals surface area (Å²) < 4.78 is 31.8. The third kappa shape index (κ3) is 17.8. The third-order valence-electron chi connectivity index (χ3n) is 4.24. The van der Waals surface area contributed by atoms with E-state index in [1.54, 1.807) is 0 Å². The molecule has 0 bridgehead atoms. The number of esters is 2. The molecule has 9 nitrogen and oxygen atoms in total. The second kappa shape index (κ2) is 18.8. The molecule has 0 aromatic carbocycles. The highest BCUT2D eigenvalue weighted by Crippen LogP contribution is 2.43. The number of ether oxygens (including phenoxy) is 2. The third-order valence-corrected chi connectivity index (χ3v) is 5.23. The number of carbonyl (C=O) groups is 2. The highest BCUT2D eigenvalue weighted by molar-refractivity contribution is 7.47. The van der Waals surface area contributed by atoms with E-state index in [1.807, 2.05) is 0 Å². The fourth-order valence-electron chi connectivity index (χ4n) is 2.57. The standard InChI is InChI=1S/C20H40NO8P/c1-3-5-7-9-11-13-20(23)29-18(17-28-30(24,25)27-15-14-21)16-26-19(22)12-10-8-6-4-2/h18H,3-17,21H2,1-2H3,(H,24,25)/t18-/m1/s1. The average molecular weight is 454 g/mol. The molecule has 0 saturated heterocycles. The Kier molecular flexibility index (Phi) is 18.1. The molecule has 0 spiro atoms. The Morgan fingerprint density at radius 1 is 0.867 bits per heavy atom. The largest absolute Gasteiger partial charge is 0.472 e. The summed E-state index contributed by atoms with van der Waals surface area (Å²) in [6.45, 7) is 3.43. The lowest BCUT2D eigenvalue weighted by molar-refractivity contribution is -0.161. The lowest BCUT2D eigenvalue weighted by Crippen LogP contribution is -2.29. The van der Waals surface area contributed by atoms with Crippen molar-refractivity contribution >= 4 is 19.8 Å². The predicted octanol–water partition coefficient (Wildman–Crippen LogP) is 3.86. The van der Waals surface area contributed by atoms with Crippen LogP contribution in [-0.2, 0) is 32.7 Å². The van der Waals surface area contributed by atoms with Crippen LogP contribution in [0, 0.1) is 0 Å². The second-order valence-corrected chi connectivity index (χ2v) is 8.61. The van der Waals surface area contributed by atoms with Gasteiger partial charge in [-0.2, -0.15) is 0 Å². The second-order valence-electron chi connectivity index (χ2n) is 7.16. The van der Waals surface area contributed by atoms with E-state index in [2.05, 4.69) is 18.4 Å². The van der Waals surface area contributed by atoms with Gasteiger partial charge in [0.25, 0.3) is 0 Å². The van der Waals surface area contributed by atoms with Gasteiger partial charge >= 0.3 is 19.8 Å². The van der Waals surface area contributed by atoms with Gasteiger partial charge in [-0.1, -0.05) is 58.8 Å². The first-order chi connectivity index (χ1) is 14.3. The molecule has 10 heteroatoms. The van der Waals surface area contributed by atoms with Gasteiger partial charge in [-0.05, 0) is 12.8 Å². The van der Waals surface area contributed by atoms with Gasteiger partial charge < -0.3 is 20.1 Å². The quantitative estimate of drug-likeness (QED) is 0.160. The van der Waals surface area contributed by atoms with Gasteiger partial charge in [-0.15, -0.1) is 0 Å². The van der Waals surface area contributed by atoms with Crippen molar-refractivity contribution in [3.05, 3.63) is 0 Å². The van der Waals surface area contributed by atoms with Crippen molar-refractivity contribution in [1.29, 1.82) is 0 Å². The van der Waals surface area contributed by atoms with E-state index in [1.165, 1.54) is 0 Å². The minimum Gasteiger partial charge on any atom is -0.462 e. The zero-order chi connectivity index (χ0) is 22.7. The van der Waals surface area contributed by atoms with Gasteiger partial charge in [0, 0.05) is 19.4 Å². The molecule has 0 radical (unpaired) electrons. The van der Waals surface area contributed by atoms with Crippen LogP contribution >= 0.6 is 7.82 Å². The van der Waals surface area contributed by atoms with Crippen molar-refractivity contribution in [2.75, 3.05) is 26.4 Å². The molecule has 30 heavy (non-hydrogen) atoms. The summed E-state index contributed by atoms with van der Waals surface area (Å²) in [5, 5.41) is 0. The fourth-order valence-corrected chi connectivity index (χ4v) is 3.34. The maximum atomic E-state index is 12.1. The minimum atomic E-state index is -4.32. The van der Waals surface area contributed by atoms with Crippen LogP contribution in [0.2, 0.25) is 0 Å². The molecule has 0 saturated carbocycles. The lowest BCUT2D eigenvalue weighted by Gasteiger charge is -2.19. The Bertz CT molecular complexity index is 503. The Labute approximate surface area is 180 Å². The number of phosphoric ester groups is 1. The summed E-state index contributed by atoms with van der Waals surface area (Å²) in [6, 6.07) is 0. The highest BCUT2D eigenvalue weighted by Gasteiger charge is 2.25. The van der Waals surface area contributed by atoms with Crippen LogP contribution in [0.15, 0.2) is 0 Å². The van der Waals surface area contributed by atoms with E-state index in [0.29, 0.717) is 6.42 Å². The van der Waals surface area contributed by atoms with Crippen molar-refractivity contribution < 1.29 is 37.6 Å². The predicted molar refractivity (Wildman–Crippen MR) is 114 cm³/mol. The Balaban J connectivity index is 4.50. The van der Waals surface area contributed by atoms with E-state index in [9.17, 15) is 19.0 Å². The van der Waals surface area contributed by atoms with Crippen LogP contribution in [0.5, 0.6) is 0 Å². The maximum absolute atomic E-state index is 12.1. The van der Waals surface area contributed by atoms with E-state index < -0.39 is 32.5 Å². The molecule has 0 heterocycles. The molecule has 2 atom stereocenters. The maximum Gasteiger partial charge on any atom is 0.472 e. The molecule has 178 valence electrons.